The van der Waals surface area contributed by atoms with Crippen LogP contribution in [0, 0.1) is 0 Å². The molecule has 0 atom stereocenters. The first-order valence-electron chi connectivity index (χ1n) is 8.46. The van der Waals surface area contributed by atoms with Gasteiger partial charge in [0.15, 0.2) is 12.2 Å². The third-order valence-electron chi connectivity index (χ3n) is 5.02. The Morgan fingerprint density at radius 3 is 2.46 bits per heavy atom. The normalized spacial score (nSPS) is 19.5. The van der Waals surface area contributed by atoms with E-state index in [1.807, 2.05) is 12.1 Å². The molecule has 24 heavy (non-hydrogen) atoms. The molecule has 0 saturated carbocycles. The first-order chi connectivity index (χ1) is 11.5. The van der Waals surface area contributed by atoms with Crippen LogP contribution in [0.25, 0.3) is 0 Å². The first-order valence-corrected chi connectivity index (χ1v) is 8.46. The van der Waals surface area contributed by atoms with Gasteiger partial charge in [-0.2, -0.15) is 0 Å². The Kier molecular flexibility index (Phi) is 4.76. The molecular weight excluding hydrogens is 310 g/mol. The maximum atomic E-state index is 12.2. The molecule has 0 radical (unpaired) electrons. The van der Waals surface area contributed by atoms with E-state index in [1.54, 1.807) is 4.90 Å². The van der Waals surface area contributed by atoms with Gasteiger partial charge >= 0.3 is 5.97 Å². The number of likely N-dealkylation sites (tertiary alicyclic amines) is 1. The number of amides is 1. The van der Waals surface area contributed by atoms with Gasteiger partial charge in [0.05, 0.1) is 0 Å². The molecule has 6 nitrogen and oxygen atoms in total. The number of carboxylic acids is 1. The lowest BCUT2D eigenvalue weighted by Gasteiger charge is -2.35. The minimum Gasteiger partial charge on any atom is -0.484 e. The fourth-order valence-electron chi connectivity index (χ4n) is 3.38. The lowest BCUT2D eigenvalue weighted by Crippen LogP contribution is -2.51. The van der Waals surface area contributed by atoms with Crippen LogP contribution in [-0.4, -0.2) is 52.3 Å². The number of carbonyl (C=O) groups excluding carboxylic acids is 1. The molecule has 1 saturated heterocycles. The molecule has 1 amide bonds. The summed E-state index contributed by atoms with van der Waals surface area (Å²) in [4.78, 5) is 24.8. The largest absolute Gasteiger partial charge is 0.484 e. The van der Waals surface area contributed by atoms with Crippen LogP contribution in [0.5, 0.6) is 5.75 Å². The van der Waals surface area contributed by atoms with Crippen LogP contribution < -0.4 is 4.74 Å². The highest BCUT2D eigenvalue weighted by atomic mass is 16.5. The van der Waals surface area contributed by atoms with Crippen molar-refractivity contribution in [2.24, 2.45) is 0 Å². The van der Waals surface area contributed by atoms with Gasteiger partial charge in [0.1, 0.15) is 5.75 Å². The number of aliphatic hydroxyl groups is 1. The van der Waals surface area contributed by atoms with Crippen molar-refractivity contribution in [1.82, 2.24) is 4.90 Å². The number of fused-ring (bicyclic) bond motifs is 1. The number of aryl methyl sites for hydroxylation is 2. The smallest absolute Gasteiger partial charge is 0.335 e. The Labute approximate surface area is 141 Å². The molecule has 0 unspecified atom stereocenters. The number of ether oxygens (including phenoxy) is 1. The molecule has 2 N–H and O–H groups in total. The van der Waals surface area contributed by atoms with Gasteiger partial charge in [0, 0.05) is 25.9 Å². The number of carbonyl (C=O) groups is 2. The molecule has 0 bridgehead atoms. The second kappa shape index (κ2) is 6.81. The predicted molar refractivity (Wildman–Crippen MR) is 87.0 cm³/mol. The number of benzene rings is 1. The van der Waals surface area contributed by atoms with Crippen molar-refractivity contribution < 1.29 is 24.5 Å². The van der Waals surface area contributed by atoms with Gasteiger partial charge in [-0.1, -0.05) is 6.07 Å². The molecule has 130 valence electrons. The fourth-order valence-corrected chi connectivity index (χ4v) is 3.38. The monoisotopic (exact) mass is 333 g/mol. The first kappa shape index (κ1) is 16.8. The number of hydrogen-bond donors (Lipinski definition) is 2. The molecule has 3 rings (SSSR count). The van der Waals surface area contributed by atoms with E-state index in [0.717, 1.165) is 12.8 Å². The van der Waals surface area contributed by atoms with Crippen molar-refractivity contribution >= 4 is 11.9 Å². The number of rotatable bonds is 4. The minimum atomic E-state index is -1.71. The van der Waals surface area contributed by atoms with E-state index >= 15 is 0 Å². The van der Waals surface area contributed by atoms with E-state index in [2.05, 4.69) is 6.07 Å². The molecule has 1 aliphatic carbocycles. The summed E-state index contributed by atoms with van der Waals surface area (Å²) in [6.45, 7) is 0.397. The molecule has 1 aliphatic heterocycles. The second-order valence-electron chi connectivity index (χ2n) is 6.64. The fraction of sp³-hybridized carbons (Fsp3) is 0.556. The van der Waals surface area contributed by atoms with Crippen LogP contribution in [0.4, 0.5) is 0 Å². The molecule has 0 aromatic heterocycles. The minimum absolute atomic E-state index is 0.0485. The summed E-state index contributed by atoms with van der Waals surface area (Å²) in [7, 11) is 0. The molecule has 1 heterocycles. The number of piperidine rings is 1. The Morgan fingerprint density at radius 1 is 1.12 bits per heavy atom. The summed E-state index contributed by atoms with van der Waals surface area (Å²) in [5.41, 5.74) is 0.954. The summed E-state index contributed by atoms with van der Waals surface area (Å²) >= 11 is 0. The summed E-state index contributed by atoms with van der Waals surface area (Å²) in [5.74, 6) is -0.705. The molecule has 1 aromatic rings. The molecular formula is C18H23NO5. The maximum absolute atomic E-state index is 12.2. The highest BCUT2D eigenvalue weighted by molar-refractivity contribution is 5.80. The number of carboxylic acid groups (broad SMARTS) is 1. The predicted octanol–water partition coefficient (Wildman–Crippen LogP) is 1.38. The van der Waals surface area contributed by atoms with Crippen LogP contribution >= 0.6 is 0 Å². The highest BCUT2D eigenvalue weighted by Crippen LogP contribution is 2.26. The van der Waals surface area contributed by atoms with Gasteiger partial charge in [-0.3, -0.25) is 4.79 Å². The zero-order valence-electron chi connectivity index (χ0n) is 13.7. The van der Waals surface area contributed by atoms with E-state index in [0.29, 0.717) is 5.75 Å². The van der Waals surface area contributed by atoms with Crippen LogP contribution in [0.1, 0.15) is 36.8 Å². The van der Waals surface area contributed by atoms with E-state index in [9.17, 15) is 14.7 Å². The number of aliphatic carboxylic acids is 1. The average Bonchev–Trinajstić information content (AvgIpc) is 2.60. The second-order valence-corrected chi connectivity index (χ2v) is 6.64. The Hall–Kier alpha value is -2.08. The molecule has 1 aromatic carbocycles. The van der Waals surface area contributed by atoms with Gasteiger partial charge in [0.2, 0.25) is 0 Å². The van der Waals surface area contributed by atoms with Crippen molar-refractivity contribution in [2.45, 2.75) is 44.1 Å². The van der Waals surface area contributed by atoms with E-state index in [1.165, 1.54) is 24.0 Å². The highest BCUT2D eigenvalue weighted by Gasteiger charge is 2.40. The molecule has 6 heteroatoms. The van der Waals surface area contributed by atoms with Gasteiger partial charge < -0.3 is 19.8 Å². The third-order valence-corrected chi connectivity index (χ3v) is 5.02. The van der Waals surface area contributed by atoms with Gasteiger partial charge in [-0.15, -0.1) is 0 Å². The number of hydrogen-bond acceptors (Lipinski definition) is 4. The summed E-state index contributed by atoms with van der Waals surface area (Å²) in [5, 5.41) is 18.9. The molecule has 0 spiro atoms. The van der Waals surface area contributed by atoms with Crippen molar-refractivity contribution in [2.75, 3.05) is 19.7 Å². The van der Waals surface area contributed by atoms with Gasteiger partial charge in [-0.25, -0.2) is 4.79 Å². The van der Waals surface area contributed by atoms with E-state index < -0.39 is 11.6 Å². The van der Waals surface area contributed by atoms with Crippen molar-refractivity contribution in [1.29, 1.82) is 0 Å². The zero-order chi connectivity index (χ0) is 17.2. The van der Waals surface area contributed by atoms with E-state index in [4.69, 9.17) is 9.84 Å². The Bertz CT molecular complexity index is 634. The zero-order valence-corrected chi connectivity index (χ0v) is 13.7. The lowest BCUT2D eigenvalue weighted by atomic mass is 9.91. The average molecular weight is 333 g/mol. The van der Waals surface area contributed by atoms with Gasteiger partial charge in [0.25, 0.3) is 5.91 Å². The molecule has 1 fully saturated rings. The Balaban J connectivity index is 1.52. The van der Waals surface area contributed by atoms with Crippen LogP contribution in [0.15, 0.2) is 18.2 Å². The van der Waals surface area contributed by atoms with Crippen molar-refractivity contribution in [3.63, 3.8) is 0 Å². The lowest BCUT2D eigenvalue weighted by molar-refractivity contribution is -0.165. The summed E-state index contributed by atoms with van der Waals surface area (Å²) < 4.78 is 5.62. The SMILES string of the molecule is O=C(COc1ccc2c(c1)CCCC2)N1CCC(O)(C(=O)O)CC1. The van der Waals surface area contributed by atoms with E-state index in [-0.39, 0.29) is 38.4 Å². The Morgan fingerprint density at radius 2 is 1.79 bits per heavy atom. The van der Waals surface area contributed by atoms with Crippen LogP contribution in [0.2, 0.25) is 0 Å². The maximum Gasteiger partial charge on any atom is 0.335 e. The van der Waals surface area contributed by atoms with Gasteiger partial charge in [-0.05, 0) is 48.9 Å². The third kappa shape index (κ3) is 3.53. The van der Waals surface area contributed by atoms with Crippen molar-refractivity contribution in [3.8, 4) is 5.75 Å². The topological polar surface area (TPSA) is 87.1 Å². The number of nitrogens with zero attached hydrogens (tertiary/aromatic N) is 1. The van der Waals surface area contributed by atoms with Crippen LogP contribution in [-0.2, 0) is 22.4 Å². The molecule has 2 aliphatic rings. The quantitative estimate of drug-likeness (QED) is 0.869. The van der Waals surface area contributed by atoms with Crippen LogP contribution in [0.3, 0.4) is 0 Å². The summed E-state index contributed by atoms with van der Waals surface area (Å²) in [6.07, 6.45) is 4.67. The van der Waals surface area contributed by atoms with Crippen molar-refractivity contribution in [3.05, 3.63) is 29.3 Å². The standard InChI is InChI=1S/C18H23NO5/c20-16(19-9-7-18(23,8-10-19)17(21)22)12-24-15-6-5-13-3-1-2-4-14(13)11-15/h5-6,11,23H,1-4,7-10,12H2,(H,21,22). The summed E-state index contributed by atoms with van der Waals surface area (Å²) in [6, 6.07) is 5.99.